The Balaban J connectivity index is 0.00000169. The average Bonchev–Trinajstić information content (AvgIpc) is 2.11. The van der Waals surface area contributed by atoms with Gasteiger partial charge >= 0.3 is 29.6 Å². The van der Waals surface area contributed by atoms with Gasteiger partial charge in [0.25, 0.3) is 0 Å². The van der Waals surface area contributed by atoms with Crippen LogP contribution < -0.4 is 34.9 Å². The number of piperidine rings is 1. The normalized spacial score (nSPS) is 23.1. The van der Waals surface area contributed by atoms with Crippen molar-refractivity contribution in [3.8, 4) is 12.3 Å². The van der Waals surface area contributed by atoms with Crippen molar-refractivity contribution in [1.29, 1.82) is 10.5 Å². The smallest absolute Gasteiger partial charge is 0.338 e. The van der Waals surface area contributed by atoms with Crippen LogP contribution in [0.15, 0.2) is 4.99 Å². The Morgan fingerprint density at radius 1 is 1.64 bits per heavy atom. The van der Waals surface area contributed by atoms with Gasteiger partial charge in [-0.2, -0.15) is 10.3 Å². The van der Waals surface area contributed by atoms with E-state index >= 15 is 0 Å². The summed E-state index contributed by atoms with van der Waals surface area (Å²) >= 11 is 0. The van der Waals surface area contributed by atoms with Crippen LogP contribution in [0.5, 0.6) is 0 Å². The molecule has 0 aromatic heterocycles. The molecule has 1 amide bonds. The molecular formula is C8H7N4NaO. The van der Waals surface area contributed by atoms with E-state index in [0.717, 1.165) is 0 Å². The van der Waals surface area contributed by atoms with Gasteiger partial charge in [0.05, 0.1) is 0 Å². The average molecular weight is 198 g/mol. The molecule has 1 saturated heterocycles. The Hall–Kier alpha value is -1.01. The molecule has 1 rings (SSSR count). The fourth-order valence-corrected chi connectivity index (χ4v) is 1.05. The first-order chi connectivity index (χ1) is 6.19. The van der Waals surface area contributed by atoms with Crippen LogP contribution in [0.4, 0.5) is 0 Å². The van der Waals surface area contributed by atoms with Crippen molar-refractivity contribution in [1.82, 2.24) is 5.32 Å². The van der Waals surface area contributed by atoms with Gasteiger partial charge in [-0.15, -0.1) is 6.42 Å². The molecule has 0 spiro atoms. The Morgan fingerprint density at radius 2 is 2.29 bits per heavy atom. The van der Waals surface area contributed by atoms with E-state index in [4.69, 9.17) is 10.5 Å². The predicted octanol–water partition coefficient (Wildman–Crippen LogP) is -2.88. The van der Waals surface area contributed by atoms with Crippen LogP contribution in [-0.2, 0) is 4.79 Å². The van der Waals surface area contributed by atoms with E-state index in [0.29, 0.717) is 12.3 Å². The molecule has 6 heteroatoms. The fourth-order valence-electron chi connectivity index (χ4n) is 1.05. The van der Waals surface area contributed by atoms with Gasteiger partial charge in [-0.05, 0) is 5.84 Å². The summed E-state index contributed by atoms with van der Waals surface area (Å²) < 4.78 is 0. The zero-order chi connectivity index (χ0) is 9.84. The van der Waals surface area contributed by atoms with Crippen molar-refractivity contribution in [3.05, 3.63) is 5.92 Å². The molecule has 14 heavy (non-hydrogen) atoms. The Labute approximate surface area is 104 Å². The van der Waals surface area contributed by atoms with E-state index in [9.17, 15) is 4.79 Å². The summed E-state index contributed by atoms with van der Waals surface area (Å²) in [4.78, 5) is 14.5. The third-order valence-corrected chi connectivity index (χ3v) is 1.78. The molecular weight excluding hydrogens is 191 g/mol. The molecule has 66 valence electrons. The predicted molar refractivity (Wildman–Crippen MR) is 43.8 cm³/mol. The van der Waals surface area contributed by atoms with E-state index in [1.54, 1.807) is 6.92 Å². The maximum absolute atomic E-state index is 11.1. The first-order valence-corrected chi connectivity index (χ1v) is 3.73. The zero-order valence-corrected chi connectivity index (χ0v) is 10.0. The largest absolute Gasteiger partial charge is 1.00 e. The second kappa shape index (κ2) is 5.66. The van der Waals surface area contributed by atoms with Gasteiger partial charge in [-0.1, -0.05) is 13.0 Å². The molecule has 0 aliphatic carbocycles. The topological polar surface area (TPSA) is 89.0 Å². The van der Waals surface area contributed by atoms with Crippen LogP contribution in [-0.4, -0.2) is 11.7 Å². The molecule has 5 nitrogen and oxygen atoms in total. The van der Waals surface area contributed by atoms with Crippen LogP contribution in [0.25, 0.3) is 0 Å². The number of nitrogens with zero attached hydrogens (tertiary/aromatic N) is 3. The third-order valence-electron chi connectivity index (χ3n) is 1.78. The SMILES string of the molecule is CC1C[C-](C#N)C(=NC#N)NC1=O.[Na+]. The first kappa shape index (κ1) is 13.0. The number of nitriles is 2. The van der Waals surface area contributed by atoms with Gasteiger partial charge in [-0.3, -0.25) is 4.79 Å². The number of carbonyl (C=O) groups is 1. The number of hydrogen-bond donors (Lipinski definition) is 1. The number of aliphatic imine (C=N–C) groups is 1. The molecule has 0 saturated carbocycles. The van der Waals surface area contributed by atoms with Crippen LogP contribution in [0.2, 0.25) is 0 Å². The molecule has 0 bridgehead atoms. The molecule has 0 aromatic rings. The minimum atomic E-state index is -0.229. The van der Waals surface area contributed by atoms with Gasteiger partial charge < -0.3 is 5.32 Å². The molecule has 1 heterocycles. The minimum Gasteiger partial charge on any atom is -0.338 e. The van der Waals surface area contributed by atoms with Crippen molar-refractivity contribution in [2.75, 3.05) is 0 Å². The van der Waals surface area contributed by atoms with Gasteiger partial charge in [0.1, 0.15) is 0 Å². The van der Waals surface area contributed by atoms with Gasteiger partial charge in [0, 0.05) is 5.92 Å². The van der Waals surface area contributed by atoms with Crippen molar-refractivity contribution in [2.45, 2.75) is 13.3 Å². The molecule has 0 radical (unpaired) electrons. The Morgan fingerprint density at radius 3 is 2.79 bits per heavy atom. The summed E-state index contributed by atoms with van der Waals surface area (Å²) in [7, 11) is 0. The molecule has 1 unspecified atom stereocenters. The summed E-state index contributed by atoms with van der Waals surface area (Å²) in [5.74, 6) is 0.0158. The van der Waals surface area contributed by atoms with Crippen molar-refractivity contribution < 1.29 is 34.4 Å². The first-order valence-electron chi connectivity index (χ1n) is 3.73. The van der Waals surface area contributed by atoms with E-state index in [1.165, 1.54) is 6.19 Å². The number of hydrogen-bond acceptors (Lipinski definition) is 4. The van der Waals surface area contributed by atoms with Crippen molar-refractivity contribution >= 4 is 11.7 Å². The summed E-state index contributed by atoms with van der Waals surface area (Å²) in [5.41, 5.74) is 0. The molecule has 0 aromatic carbocycles. The molecule has 1 fully saturated rings. The quantitative estimate of drug-likeness (QED) is 0.257. The maximum Gasteiger partial charge on any atom is 1.00 e. The summed E-state index contributed by atoms with van der Waals surface area (Å²) in [6, 6.07) is 1.91. The molecule has 1 aliphatic rings. The molecule has 1 aliphatic heterocycles. The van der Waals surface area contributed by atoms with Crippen LogP contribution in [0.3, 0.4) is 0 Å². The fraction of sp³-hybridized carbons (Fsp3) is 0.375. The standard InChI is InChI=1S/C8H7N4O.Na/c1-5-2-6(3-9)7(11-4-10)12-8(5)13;/h5H,2H2,1H3,(H,11,12,13);/q-1;+1. The van der Waals surface area contributed by atoms with Crippen molar-refractivity contribution in [3.63, 3.8) is 0 Å². The summed E-state index contributed by atoms with van der Waals surface area (Å²) in [6.07, 6.45) is 1.89. The molecule has 1 N–H and O–H groups in total. The number of amides is 1. The monoisotopic (exact) mass is 198 g/mol. The van der Waals surface area contributed by atoms with Crippen LogP contribution >= 0.6 is 0 Å². The van der Waals surface area contributed by atoms with Gasteiger partial charge in [0.15, 0.2) is 0 Å². The van der Waals surface area contributed by atoms with E-state index in [-0.39, 0.29) is 47.2 Å². The summed E-state index contributed by atoms with van der Waals surface area (Å²) in [5, 5.41) is 19.3. The Kier molecular flexibility index (Phi) is 5.26. The maximum atomic E-state index is 11.1. The number of carbonyl (C=O) groups excluding carboxylic acids is 1. The number of nitrogens with one attached hydrogen (secondary N) is 1. The minimum absolute atomic E-state index is 0. The zero-order valence-electron chi connectivity index (χ0n) is 8.03. The van der Waals surface area contributed by atoms with E-state index in [1.807, 2.05) is 6.07 Å². The van der Waals surface area contributed by atoms with Crippen LogP contribution in [0, 0.1) is 34.6 Å². The third kappa shape index (κ3) is 2.74. The van der Waals surface area contributed by atoms with E-state index < -0.39 is 0 Å². The second-order valence-corrected chi connectivity index (χ2v) is 2.75. The van der Waals surface area contributed by atoms with Gasteiger partial charge in [-0.25, -0.2) is 11.2 Å². The van der Waals surface area contributed by atoms with Crippen LogP contribution in [0.1, 0.15) is 13.3 Å². The van der Waals surface area contributed by atoms with Crippen molar-refractivity contribution in [2.24, 2.45) is 10.9 Å². The number of rotatable bonds is 0. The second-order valence-electron chi connectivity index (χ2n) is 2.75. The van der Waals surface area contributed by atoms with Gasteiger partial charge in [0.2, 0.25) is 12.1 Å². The number of amidine groups is 1. The summed E-state index contributed by atoms with van der Waals surface area (Å²) in [6.45, 7) is 1.72. The Bertz CT molecular complexity index is 338. The molecule has 1 atom stereocenters. The van der Waals surface area contributed by atoms with E-state index in [2.05, 4.69) is 10.3 Å².